The van der Waals surface area contributed by atoms with Crippen LogP contribution in [0.15, 0.2) is 48.5 Å². The van der Waals surface area contributed by atoms with Gasteiger partial charge >= 0.3 is 52.4 Å². The first-order valence-corrected chi connectivity index (χ1v) is 24.3. The summed E-state index contributed by atoms with van der Waals surface area (Å²) in [6.07, 6.45) is 1.58. The van der Waals surface area contributed by atoms with Gasteiger partial charge in [0.25, 0.3) is 0 Å². The van der Waals surface area contributed by atoms with Gasteiger partial charge in [0, 0.05) is 11.4 Å². The third-order valence-electron chi connectivity index (χ3n) is 7.70. The van der Waals surface area contributed by atoms with Crippen LogP contribution in [0.25, 0.3) is 0 Å². The van der Waals surface area contributed by atoms with Crippen LogP contribution in [-0.2, 0) is 74.1 Å². The molecule has 3 aromatic carbocycles. The van der Waals surface area contributed by atoms with Gasteiger partial charge in [0.15, 0.2) is 0 Å². The smallest absolute Gasteiger partial charge is 0.871 e. The van der Waals surface area contributed by atoms with Crippen molar-refractivity contribution in [1.82, 2.24) is 0 Å². The van der Waals surface area contributed by atoms with Gasteiger partial charge in [0.1, 0.15) is 0 Å². The summed E-state index contributed by atoms with van der Waals surface area (Å²) in [5.41, 5.74) is 5.53. The summed E-state index contributed by atoms with van der Waals surface area (Å²) in [5.74, 6) is -0.0101. The summed E-state index contributed by atoms with van der Waals surface area (Å²) < 4.78 is 0. The Balaban J connectivity index is -0.000000202. The van der Waals surface area contributed by atoms with Crippen molar-refractivity contribution in [3.63, 3.8) is 0 Å². The molecule has 0 aliphatic heterocycles. The number of nitrogens with one attached hydrogen (secondary N) is 2. The fourth-order valence-electron chi connectivity index (χ4n) is 4.77. The van der Waals surface area contributed by atoms with Gasteiger partial charge in [-0.3, -0.25) is 0 Å². The summed E-state index contributed by atoms with van der Waals surface area (Å²) >= 11 is 0. The molecule has 0 atom stereocenters. The van der Waals surface area contributed by atoms with Gasteiger partial charge in [0.05, 0.1) is 11.4 Å². The van der Waals surface area contributed by atoms with Crippen LogP contribution in [-0.4, -0.2) is 36.6 Å². The Hall–Kier alpha value is -1.61. The monoisotopic (exact) mass is 1120 g/mol. The normalized spacial score (nSPS) is 10.9. The molecule has 0 aromatic heterocycles. The van der Waals surface area contributed by atoms with Crippen molar-refractivity contribution < 1.29 is 93.3 Å². The van der Waals surface area contributed by atoms with Crippen LogP contribution in [0.2, 0.25) is 0 Å². The third-order valence-corrected chi connectivity index (χ3v) is 7.70. The Bertz CT molecular complexity index is 1520. The zero-order valence-corrected chi connectivity index (χ0v) is 53.4. The molecule has 0 bridgehead atoms. The molecule has 0 saturated heterocycles. The van der Waals surface area contributed by atoms with Crippen LogP contribution in [0.3, 0.4) is 0 Å². The van der Waals surface area contributed by atoms with E-state index in [1.165, 1.54) is 19.3 Å². The van der Waals surface area contributed by atoms with E-state index < -0.39 is 36.6 Å². The van der Waals surface area contributed by atoms with E-state index >= 15 is 0 Å². The maximum absolute atomic E-state index is 13.6. The molecule has 3 aromatic rings. The van der Waals surface area contributed by atoms with Crippen LogP contribution < -0.4 is 51.5 Å². The first-order valence-electron chi connectivity index (χ1n) is 24.3. The molecule has 0 unspecified atom stereocenters. The van der Waals surface area contributed by atoms with Crippen molar-refractivity contribution in [1.29, 1.82) is 0 Å². The minimum Gasteiger partial charge on any atom is -0.871 e. The van der Waals surface area contributed by atoms with E-state index in [4.69, 9.17) is 0 Å². The Kier molecular flexibility index (Phi) is 48.2. The number of unbranched alkanes of at least 4 members (excludes halogenated alkanes) is 2. The summed E-state index contributed by atoms with van der Waals surface area (Å²) in [5, 5.41) is 91.2. The van der Waals surface area contributed by atoms with Crippen LogP contribution in [0.4, 0.5) is 22.7 Å². The molecule has 0 aliphatic rings. The third kappa shape index (κ3) is 48.4. The van der Waals surface area contributed by atoms with E-state index in [9.17, 15) is 40.9 Å². The van der Waals surface area contributed by atoms with Crippen molar-refractivity contribution in [2.75, 3.05) is 10.6 Å². The largest absolute Gasteiger partial charge is 4.00 e. The number of hydrogen-bond acceptors (Lipinski definition) is 10. The fraction of sp³-hybridized carbons (Fsp3) is 0.684. The second-order valence-electron chi connectivity index (χ2n) is 22.2. The zero-order valence-electron chi connectivity index (χ0n) is 48.5. The van der Waals surface area contributed by atoms with Gasteiger partial charge < -0.3 is 51.5 Å². The van der Waals surface area contributed by atoms with E-state index in [1.807, 2.05) is 48.5 Å². The molecule has 0 radical (unpaired) electrons. The Morgan fingerprint density at radius 3 is 0.725 bits per heavy atom. The molecule has 0 fully saturated rings. The number of benzene rings is 3. The average molecular weight is 1120 g/mol. The maximum atomic E-state index is 13.6. The quantitative estimate of drug-likeness (QED) is 0.239. The number of para-hydroxylation sites is 2. The molecule has 394 valence electrons. The predicted octanol–water partition coefficient (Wildman–Crippen LogP) is 9.23. The first kappa shape index (κ1) is 81.4. The van der Waals surface area contributed by atoms with Crippen molar-refractivity contribution in [3.8, 4) is 11.5 Å². The summed E-state index contributed by atoms with van der Waals surface area (Å²) in [6, 6.07) is 15.8. The van der Waals surface area contributed by atoms with E-state index in [2.05, 4.69) is 108 Å². The molecule has 10 nitrogen and oxygen atoms in total. The minimum absolute atomic E-state index is 0. The van der Waals surface area contributed by atoms with Gasteiger partial charge in [-0.15, -0.1) is 36.6 Å². The van der Waals surface area contributed by atoms with Gasteiger partial charge in [0.2, 0.25) is 0 Å². The summed E-state index contributed by atoms with van der Waals surface area (Å²) in [7, 11) is 0. The predicted molar refractivity (Wildman–Crippen MR) is 276 cm³/mol. The first-order chi connectivity index (χ1) is 30.0. The van der Waals surface area contributed by atoms with Gasteiger partial charge in [-0.1, -0.05) is 235 Å². The molecule has 0 amide bonds. The molecule has 0 saturated carbocycles. The minimum atomic E-state index is -0.417. The molecule has 0 heterocycles. The second kappa shape index (κ2) is 40.8. The molecule has 0 spiro atoms. The summed E-state index contributed by atoms with van der Waals surface area (Å²) in [6.45, 7) is 49.1. The molecule has 69 heavy (non-hydrogen) atoms. The zero-order chi connectivity index (χ0) is 54.4. The van der Waals surface area contributed by atoms with Gasteiger partial charge in [-0.05, 0) is 68.2 Å². The van der Waals surface area contributed by atoms with E-state index in [1.54, 1.807) is 83.1 Å². The topological polar surface area (TPSA) is 209 Å². The van der Waals surface area contributed by atoms with E-state index in [0.717, 1.165) is 33.6 Å². The van der Waals surface area contributed by atoms with E-state index in [-0.39, 0.29) is 85.6 Å². The van der Waals surface area contributed by atoms with Crippen LogP contribution in [0.1, 0.15) is 222 Å². The van der Waals surface area contributed by atoms with Crippen LogP contribution in [0.5, 0.6) is 11.5 Å². The van der Waals surface area contributed by atoms with Crippen LogP contribution in [0, 0.1) is 0 Å². The second-order valence-corrected chi connectivity index (χ2v) is 22.2. The summed E-state index contributed by atoms with van der Waals surface area (Å²) in [4.78, 5) is 0. The van der Waals surface area contributed by atoms with Crippen LogP contribution >= 0.6 is 0 Å². The molecular formula is C57H100N2O8Zr2. The molecule has 3 rings (SSSR count). The van der Waals surface area contributed by atoms with Gasteiger partial charge in [-0.2, -0.15) is 0 Å². The fourth-order valence-corrected chi connectivity index (χ4v) is 4.77. The number of anilines is 4. The molecule has 12 heteroatoms. The Morgan fingerprint density at radius 2 is 0.580 bits per heavy atom. The Labute approximate surface area is 463 Å². The van der Waals surface area contributed by atoms with Gasteiger partial charge in [-0.25, -0.2) is 0 Å². The number of hydrogen-bond donors (Lipinski definition) is 2. The van der Waals surface area contributed by atoms with Crippen molar-refractivity contribution in [3.05, 3.63) is 70.8 Å². The molecule has 2 N–H and O–H groups in total. The number of rotatable bonds is 6. The van der Waals surface area contributed by atoms with Crippen molar-refractivity contribution in [2.24, 2.45) is 0 Å². The van der Waals surface area contributed by atoms with Crippen molar-refractivity contribution in [2.45, 2.75) is 258 Å². The molecule has 0 aliphatic carbocycles. The standard InChI is InChI=1S/C34H48N2O2.C5H12.6C3H7O.2Zr/c1-31(2,3)21-17-23(33(7,8)9)29(37)27(19-21)35-25-15-13-14-16-26(25)36-28-20-22(32(4,5)6)18-24(30(28)38)34(10,11)12;1-3-5-4-2;6*1-3(2)4;;/h13-20,35-38H,1-12H3;3-5H2,1-2H3;6*3H,1-2H3;;/q;;6*-1;2*+4/p-2. The molecular weight excluding hydrogens is 1020 g/mol. The SMILES string of the molecule is CC(C)(C)c1cc(Nc2ccccc2Nc2cc(C(C)(C)C)cc(C(C)(C)C)c2[O-])c([O-])c(C(C)(C)C)c1.CC(C)[O-].CC(C)[O-].CC(C)[O-].CC(C)[O-].CC(C)[O-].CC(C)[O-].CCCCC.[Zr+4].[Zr+4]. The maximum Gasteiger partial charge on any atom is 4.00 e. The average Bonchev–Trinajstić information content (AvgIpc) is 3.08. The van der Waals surface area contributed by atoms with E-state index in [0.29, 0.717) is 11.4 Å². The van der Waals surface area contributed by atoms with Crippen molar-refractivity contribution >= 4 is 22.7 Å². The Morgan fingerprint density at radius 1 is 0.377 bits per heavy atom.